The van der Waals surface area contributed by atoms with Gasteiger partial charge in [0.2, 0.25) is 0 Å². The Labute approximate surface area is 150 Å². The summed E-state index contributed by atoms with van der Waals surface area (Å²) in [7, 11) is 3.01. The second-order valence-electron chi connectivity index (χ2n) is 6.03. The van der Waals surface area contributed by atoms with Gasteiger partial charge in [-0.15, -0.1) is 0 Å². The van der Waals surface area contributed by atoms with Gasteiger partial charge in [-0.05, 0) is 47.9 Å². The smallest absolute Gasteiger partial charge is 0.330 e. The fourth-order valence-corrected chi connectivity index (χ4v) is 3.09. The standard InChI is InChI=1S/C19H20N2O5/c1-10-6-12(8-13-14(10)9-20-18(13)22)21-17(19(23)24)11-4-5-15(25-2)16(7-11)26-3/h4-8,17,21H,9H2,1-3H3,(H,20,22)(H,23,24). The zero-order chi connectivity index (χ0) is 18.8. The third-order valence-corrected chi connectivity index (χ3v) is 4.44. The maximum Gasteiger partial charge on any atom is 0.330 e. The van der Waals surface area contributed by atoms with Crippen LogP contribution in [0, 0.1) is 6.92 Å². The molecule has 1 aliphatic heterocycles. The molecule has 1 amide bonds. The van der Waals surface area contributed by atoms with Crippen LogP contribution in [0.5, 0.6) is 11.5 Å². The molecule has 1 aliphatic rings. The molecule has 2 aromatic carbocycles. The summed E-state index contributed by atoms with van der Waals surface area (Å²) in [5, 5.41) is 15.5. The molecule has 0 fully saturated rings. The molecule has 1 unspecified atom stereocenters. The molecule has 7 nitrogen and oxygen atoms in total. The van der Waals surface area contributed by atoms with Gasteiger partial charge in [0, 0.05) is 17.8 Å². The van der Waals surface area contributed by atoms with E-state index >= 15 is 0 Å². The zero-order valence-electron chi connectivity index (χ0n) is 14.8. The number of carboxylic acids is 1. The van der Waals surface area contributed by atoms with Crippen molar-refractivity contribution in [2.75, 3.05) is 19.5 Å². The summed E-state index contributed by atoms with van der Waals surface area (Å²) in [5.41, 5.74) is 3.53. The van der Waals surface area contributed by atoms with Gasteiger partial charge in [0.25, 0.3) is 5.91 Å². The van der Waals surface area contributed by atoms with E-state index in [1.54, 1.807) is 24.3 Å². The second kappa shape index (κ2) is 6.95. The molecule has 26 heavy (non-hydrogen) atoms. The first-order valence-corrected chi connectivity index (χ1v) is 8.07. The van der Waals surface area contributed by atoms with E-state index in [1.165, 1.54) is 14.2 Å². The highest BCUT2D eigenvalue weighted by Gasteiger charge is 2.25. The lowest BCUT2D eigenvalue weighted by molar-refractivity contribution is -0.138. The molecule has 1 atom stereocenters. The Morgan fingerprint density at radius 3 is 2.58 bits per heavy atom. The number of amides is 1. The maximum atomic E-state index is 11.9. The van der Waals surface area contributed by atoms with Crippen molar-refractivity contribution < 1.29 is 24.2 Å². The number of hydrogen-bond acceptors (Lipinski definition) is 5. The quantitative estimate of drug-likeness (QED) is 0.736. The number of carbonyl (C=O) groups excluding carboxylic acids is 1. The van der Waals surface area contributed by atoms with Crippen LogP contribution in [0.4, 0.5) is 5.69 Å². The number of carboxylic acid groups (broad SMARTS) is 1. The van der Waals surface area contributed by atoms with Crippen molar-refractivity contribution in [3.63, 3.8) is 0 Å². The number of ether oxygens (including phenoxy) is 2. The highest BCUT2D eigenvalue weighted by atomic mass is 16.5. The molecule has 7 heteroatoms. The molecule has 3 N–H and O–H groups in total. The Balaban J connectivity index is 1.96. The lowest BCUT2D eigenvalue weighted by Crippen LogP contribution is -2.21. The number of aliphatic carboxylic acids is 1. The van der Waals surface area contributed by atoms with Crippen molar-refractivity contribution in [3.05, 3.63) is 52.6 Å². The van der Waals surface area contributed by atoms with Crippen molar-refractivity contribution in [1.82, 2.24) is 5.32 Å². The van der Waals surface area contributed by atoms with Crippen LogP contribution in [-0.4, -0.2) is 31.2 Å². The summed E-state index contributed by atoms with van der Waals surface area (Å²) in [6, 6.07) is 7.47. The minimum Gasteiger partial charge on any atom is -0.493 e. The van der Waals surface area contributed by atoms with Crippen LogP contribution in [0.15, 0.2) is 30.3 Å². The van der Waals surface area contributed by atoms with E-state index in [0.29, 0.717) is 34.9 Å². The van der Waals surface area contributed by atoms with Gasteiger partial charge in [-0.1, -0.05) is 6.07 Å². The molecule has 0 saturated carbocycles. The number of aryl methyl sites for hydroxylation is 1. The second-order valence-corrected chi connectivity index (χ2v) is 6.03. The Morgan fingerprint density at radius 2 is 1.92 bits per heavy atom. The summed E-state index contributed by atoms with van der Waals surface area (Å²) in [4.78, 5) is 23.8. The molecule has 0 aromatic heterocycles. The number of carbonyl (C=O) groups is 2. The van der Waals surface area contributed by atoms with Gasteiger partial charge < -0.3 is 25.2 Å². The topological polar surface area (TPSA) is 96.9 Å². The Morgan fingerprint density at radius 1 is 1.19 bits per heavy atom. The number of fused-ring (bicyclic) bond motifs is 1. The average Bonchev–Trinajstić information content (AvgIpc) is 3.00. The molecule has 0 radical (unpaired) electrons. The summed E-state index contributed by atoms with van der Waals surface area (Å²) < 4.78 is 10.4. The first kappa shape index (κ1) is 17.6. The molecule has 1 heterocycles. The lowest BCUT2D eigenvalue weighted by Gasteiger charge is -2.19. The first-order chi connectivity index (χ1) is 12.4. The van der Waals surface area contributed by atoms with E-state index in [1.807, 2.05) is 13.0 Å². The van der Waals surface area contributed by atoms with E-state index in [2.05, 4.69) is 10.6 Å². The van der Waals surface area contributed by atoms with E-state index < -0.39 is 12.0 Å². The molecule has 3 rings (SSSR count). The molecule has 0 spiro atoms. The number of benzene rings is 2. The Hall–Kier alpha value is -3.22. The maximum absolute atomic E-state index is 11.9. The Kier molecular flexibility index (Phi) is 4.71. The number of methoxy groups -OCH3 is 2. The number of anilines is 1. The molecule has 136 valence electrons. The van der Waals surface area contributed by atoms with Crippen molar-refractivity contribution in [1.29, 1.82) is 0 Å². The van der Waals surface area contributed by atoms with Crippen LogP contribution in [-0.2, 0) is 11.3 Å². The van der Waals surface area contributed by atoms with Crippen LogP contribution in [0.1, 0.15) is 33.1 Å². The van der Waals surface area contributed by atoms with Crippen LogP contribution in [0.3, 0.4) is 0 Å². The highest BCUT2D eigenvalue weighted by Crippen LogP contribution is 2.32. The fourth-order valence-electron chi connectivity index (χ4n) is 3.09. The number of hydrogen-bond donors (Lipinski definition) is 3. The third-order valence-electron chi connectivity index (χ3n) is 4.44. The van der Waals surface area contributed by atoms with Gasteiger partial charge in [-0.25, -0.2) is 4.79 Å². The number of rotatable bonds is 6. The summed E-state index contributed by atoms with van der Waals surface area (Å²) >= 11 is 0. The van der Waals surface area contributed by atoms with Gasteiger partial charge in [-0.2, -0.15) is 0 Å². The van der Waals surface area contributed by atoms with E-state index in [9.17, 15) is 14.7 Å². The van der Waals surface area contributed by atoms with E-state index in [-0.39, 0.29) is 5.91 Å². The monoisotopic (exact) mass is 356 g/mol. The largest absolute Gasteiger partial charge is 0.493 e. The van der Waals surface area contributed by atoms with Gasteiger partial charge in [0.15, 0.2) is 17.5 Å². The van der Waals surface area contributed by atoms with Crippen molar-refractivity contribution >= 4 is 17.6 Å². The van der Waals surface area contributed by atoms with Crippen molar-refractivity contribution in [3.8, 4) is 11.5 Å². The lowest BCUT2D eigenvalue weighted by atomic mass is 10.0. The molecular weight excluding hydrogens is 336 g/mol. The normalized spacial score (nSPS) is 13.6. The molecular formula is C19H20N2O5. The first-order valence-electron chi connectivity index (χ1n) is 8.07. The highest BCUT2D eigenvalue weighted by molar-refractivity contribution is 5.99. The Bertz CT molecular complexity index is 878. The number of nitrogens with one attached hydrogen (secondary N) is 2. The van der Waals surface area contributed by atoms with Crippen LogP contribution >= 0.6 is 0 Å². The summed E-state index contributed by atoms with van der Waals surface area (Å²) in [6.07, 6.45) is 0. The average molecular weight is 356 g/mol. The van der Waals surface area contributed by atoms with E-state index in [0.717, 1.165) is 11.1 Å². The minimum absolute atomic E-state index is 0.148. The zero-order valence-corrected chi connectivity index (χ0v) is 14.8. The van der Waals surface area contributed by atoms with Crippen LogP contribution < -0.4 is 20.1 Å². The van der Waals surface area contributed by atoms with Gasteiger partial charge in [0.05, 0.1) is 14.2 Å². The van der Waals surface area contributed by atoms with Gasteiger partial charge in [-0.3, -0.25) is 4.79 Å². The van der Waals surface area contributed by atoms with Crippen LogP contribution in [0.2, 0.25) is 0 Å². The predicted octanol–water partition coefficient (Wildman–Crippen LogP) is 2.49. The minimum atomic E-state index is -1.04. The van der Waals surface area contributed by atoms with Crippen LogP contribution in [0.25, 0.3) is 0 Å². The molecule has 0 bridgehead atoms. The fraction of sp³-hybridized carbons (Fsp3) is 0.263. The summed E-state index contributed by atoms with van der Waals surface area (Å²) in [5.74, 6) is -0.224. The van der Waals surface area contributed by atoms with Gasteiger partial charge in [0.1, 0.15) is 0 Å². The van der Waals surface area contributed by atoms with Crippen molar-refractivity contribution in [2.24, 2.45) is 0 Å². The molecule has 2 aromatic rings. The SMILES string of the molecule is COc1ccc(C(Nc2cc(C)c3c(c2)C(=O)NC3)C(=O)O)cc1OC. The summed E-state index contributed by atoms with van der Waals surface area (Å²) in [6.45, 7) is 2.40. The molecule has 0 saturated heterocycles. The third kappa shape index (κ3) is 3.15. The predicted molar refractivity (Wildman–Crippen MR) is 95.9 cm³/mol. The van der Waals surface area contributed by atoms with Gasteiger partial charge >= 0.3 is 5.97 Å². The van der Waals surface area contributed by atoms with Crippen molar-refractivity contribution in [2.45, 2.75) is 19.5 Å². The molecule has 0 aliphatic carbocycles. The van der Waals surface area contributed by atoms with E-state index in [4.69, 9.17) is 9.47 Å².